The maximum atomic E-state index is 12.8. The van der Waals surface area contributed by atoms with Crippen LogP contribution in [0.3, 0.4) is 0 Å². The normalized spacial score (nSPS) is 18.7. The van der Waals surface area contributed by atoms with Crippen LogP contribution in [-0.2, 0) is 19.1 Å². The van der Waals surface area contributed by atoms with E-state index in [1.807, 2.05) is 0 Å². The Bertz CT molecular complexity index is 716. The summed E-state index contributed by atoms with van der Waals surface area (Å²) in [5, 5.41) is 11.5. The van der Waals surface area contributed by atoms with Crippen molar-refractivity contribution in [2.45, 2.75) is 38.0 Å². The summed E-state index contributed by atoms with van der Waals surface area (Å²) < 4.78 is 47.0. The van der Waals surface area contributed by atoms with Gasteiger partial charge in [-0.25, -0.2) is 9.18 Å². The van der Waals surface area contributed by atoms with E-state index in [9.17, 15) is 27.6 Å². The van der Waals surface area contributed by atoms with Crippen LogP contribution >= 0.6 is 0 Å². The van der Waals surface area contributed by atoms with Gasteiger partial charge >= 0.3 is 12.6 Å². The molecule has 0 aliphatic carbocycles. The smallest absolute Gasteiger partial charge is 0.345 e. The zero-order valence-electron chi connectivity index (χ0n) is 15.4. The van der Waals surface area contributed by atoms with Gasteiger partial charge in [-0.3, -0.25) is 9.59 Å². The third-order valence-electron chi connectivity index (χ3n) is 4.23. The Morgan fingerprint density at radius 3 is 2.55 bits per heavy atom. The number of aliphatic carboxylic acids is 1. The number of benzene rings is 1. The number of nitrogens with zero attached hydrogens (tertiary/aromatic N) is 1. The van der Waals surface area contributed by atoms with Crippen molar-refractivity contribution in [2.24, 2.45) is 0 Å². The van der Waals surface area contributed by atoms with Crippen LogP contribution in [0, 0.1) is 5.82 Å². The number of likely N-dealkylation sites (tertiary alicyclic amines) is 1. The maximum Gasteiger partial charge on any atom is 0.345 e. The first kappa shape index (κ1) is 22.5. The molecule has 1 saturated heterocycles. The van der Waals surface area contributed by atoms with E-state index in [0.717, 1.165) is 4.90 Å². The van der Waals surface area contributed by atoms with E-state index in [1.165, 1.54) is 24.3 Å². The molecule has 2 rings (SSSR count). The number of carbonyl (C=O) groups excluding carboxylic acids is 2. The third-order valence-corrected chi connectivity index (χ3v) is 4.23. The summed E-state index contributed by atoms with van der Waals surface area (Å²) in [7, 11) is 0. The summed E-state index contributed by atoms with van der Waals surface area (Å²) in [5.74, 6) is -2.42. The van der Waals surface area contributed by atoms with Gasteiger partial charge in [0, 0.05) is 19.4 Å². The highest BCUT2D eigenvalue weighted by Crippen LogP contribution is 2.22. The lowest BCUT2D eigenvalue weighted by Gasteiger charge is -2.21. The Kier molecular flexibility index (Phi) is 8.25. The molecule has 1 unspecified atom stereocenters. The number of halogens is 3. The van der Waals surface area contributed by atoms with Gasteiger partial charge in [0.15, 0.2) is 0 Å². The highest BCUT2D eigenvalue weighted by molar-refractivity contribution is 5.88. The zero-order chi connectivity index (χ0) is 21.4. The van der Waals surface area contributed by atoms with Crippen LogP contribution in [0.2, 0.25) is 0 Å². The summed E-state index contributed by atoms with van der Waals surface area (Å²) in [6.45, 7) is -3.61. The molecule has 1 aliphatic rings. The summed E-state index contributed by atoms with van der Waals surface area (Å²) in [4.78, 5) is 36.2. The van der Waals surface area contributed by atoms with E-state index >= 15 is 0 Å². The highest BCUT2D eigenvalue weighted by atomic mass is 19.3. The van der Waals surface area contributed by atoms with Gasteiger partial charge in [-0.15, -0.1) is 0 Å². The van der Waals surface area contributed by atoms with Crippen molar-refractivity contribution in [1.82, 2.24) is 10.2 Å². The Hall–Kier alpha value is -2.82. The van der Waals surface area contributed by atoms with E-state index in [2.05, 4.69) is 10.1 Å². The van der Waals surface area contributed by atoms with Gasteiger partial charge in [0.1, 0.15) is 17.6 Å². The number of carbonyl (C=O) groups is 3. The van der Waals surface area contributed by atoms with Gasteiger partial charge < -0.3 is 24.8 Å². The van der Waals surface area contributed by atoms with Gasteiger partial charge in [0.2, 0.25) is 11.8 Å². The Balaban J connectivity index is 1.70. The second-order valence-electron chi connectivity index (χ2n) is 6.34. The van der Waals surface area contributed by atoms with Crippen LogP contribution in [-0.4, -0.2) is 66.2 Å². The molecule has 8 nitrogen and oxygen atoms in total. The number of rotatable bonds is 10. The molecule has 0 spiro atoms. The second kappa shape index (κ2) is 10.6. The number of ether oxygens (including phenoxy) is 2. The van der Waals surface area contributed by atoms with Crippen molar-refractivity contribution in [3.05, 3.63) is 30.1 Å². The lowest BCUT2D eigenvalue weighted by Crippen LogP contribution is -2.45. The molecule has 1 aromatic carbocycles. The lowest BCUT2D eigenvalue weighted by atomic mass is 10.2. The van der Waals surface area contributed by atoms with Crippen LogP contribution in [0.25, 0.3) is 0 Å². The van der Waals surface area contributed by atoms with Crippen molar-refractivity contribution in [3.63, 3.8) is 0 Å². The van der Waals surface area contributed by atoms with E-state index < -0.39 is 48.9 Å². The number of carboxylic acids is 1. The summed E-state index contributed by atoms with van der Waals surface area (Å²) in [5.41, 5.74) is 0. The Morgan fingerprint density at radius 1 is 1.24 bits per heavy atom. The van der Waals surface area contributed by atoms with Crippen LogP contribution in [0.4, 0.5) is 13.2 Å². The van der Waals surface area contributed by atoms with Crippen LogP contribution in [0.15, 0.2) is 24.3 Å². The molecule has 0 bridgehead atoms. The first-order valence-electron chi connectivity index (χ1n) is 8.87. The van der Waals surface area contributed by atoms with E-state index in [0.29, 0.717) is 12.2 Å². The fourth-order valence-electron chi connectivity index (χ4n) is 2.87. The van der Waals surface area contributed by atoms with Gasteiger partial charge in [0.25, 0.3) is 0 Å². The standard InChI is InChI=1S/C18H21F3N2O6/c19-11-3-5-12(6-4-11)28-7-1-2-15(24)22-9-16(25)23-10-13(29-18(20)21)8-14(23)17(26)27/h3-6,13-14,18H,1-2,7-10H2,(H,22,24)(H,26,27)/t13?,14-/m1/s1. The number of carboxylic acid groups (broad SMARTS) is 1. The molecule has 0 saturated carbocycles. The zero-order valence-corrected chi connectivity index (χ0v) is 15.4. The average molecular weight is 418 g/mol. The molecule has 2 amide bonds. The molecular weight excluding hydrogens is 397 g/mol. The first-order valence-corrected chi connectivity index (χ1v) is 8.87. The number of amides is 2. The predicted octanol–water partition coefficient (Wildman–Crippen LogP) is 1.39. The minimum Gasteiger partial charge on any atom is -0.494 e. The topological polar surface area (TPSA) is 105 Å². The first-order chi connectivity index (χ1) is 13.8. The number of hydrogen-bond acceptors (Lipinski definition) is 5. The molecular formula is C18H21F3N2O6. The maximum absolute atomic E-state index is 12.8. The van der Waals surface area contributed by atoms with Gasteiger partial charge in [0.05, 0.1) is 19.3 Å². The summed E-state index contributed by atoms with van der Waals surface area (Å²) >= 11 is 0. The SMILES string of the molecule is O=C(CCCOc1ccc(F)cc1)NCC(=O)N1CC(OC(F)F)C[C@@H]1C(=O)O. The van der Waals surface area contributed by atoms with E-state index in [1.54, 1.807) is 0 Å². The second-order valence-corrected chi connectivity index (χ2v) is 6.34. The van der Waals surface area contributed by atoms with Crippen LogP contribution in [0.1, 0.15) is 19.3 Å². The number of hydrogen-bond donors (Lipinski definition) is 2. The predicted molar refractivity (Wildman–Crippen MR) is 92.8 cm³/mol. The molecule has 0 radical (unpaired) electrons. The molecule has 2 atom stereocenters. The highest BCUT2D eigenvalue weighted by Gasteiger charge is 2.41. The van der Waals surface area contributed by atoms with E-state index in [4.69, 9.17) is 9.84 Å². The minimum atomic E-state index is -3.07. The van der Waals surface area contributed by atoms with Crippen molar-refractivity contribution < 1.29 is 42.1 Å². The quantitative estimate of drug-likeness (QED) is 0.557. The van der Waals surface area contributed by atoms with Gasteiger partial charge in [-0.1, -0.05) is 0 Å². The van der Waals surface area contributed by atoms with Crippen molar-refractivity contribution in [3.8, 4) is 5.75 Å². The molecule has 1 fully saturated rings. The fourth-order valence-corrected chi connectivity index (χ4v) is 2.87. The molecule has 1 heterocycles. The molecule has 29 heavy (non-hydrogen) atoms. The van der Waals surface area contributed by atoms with E-state index in [-0.39, 0.29) is 26.0 Å². The van der Waals surface area contributed by atoms with Crippen molar-refractivity contribution in [2.75, 3.05) is 19.7 Å². The molecule has 2 N–H and O–H groups in total. The summed E-state index contributed by atoms with van der Waals surface area (Å²) in [6, 6.07) is 4.11. The minimum absolute atomic E-state index is 0.0496. The Labute approximate surface area is 164 Å². The molecule has 0 aromatic heterocycles. The monoisotopic (exact) mass is 418 g/mol. The Morgan fingerprint density at radius 2 is 1.93 bits per heavy atom. The third kappa shape index (κ3) is 7.26. The molecule has 1 aliphatic heterocycles. The molecule has 11 heteroatoms. The number of alkyl halides is 2. The average Bonchev–Trinajstić information content (AvgIpc) is 3.08. The number of nitrogens with one attached hydrogen (secondary N) is 1. The van der Waals surface area contributed by atoms with Gasteiger partial charge in [-0.2, -0.15) is 8.78 Å². The van der Waals surface area contributed by atoms with Crippen LogP contribution < -0.4 is 10.1 Å². The lowest BCUT2D eigenvalue weighted by molar-refractivity contribution is -0.160. The fraction of sp³-hybridized carbons (Fsp3) is 0.500. The van der Waals surface area contributed by atoms with Crippen LogP contribution in [0.5, 0.6) is 5.75 Å². The van der Waals surface area contributed by atoms with Crippen molar-refractivity contribution in [1.29, 1.82) is 0 Å². The largest absolute Gasteiger partial charge is 0.494 e. The van der Waals surface area contributed by atoms with Gasteiger partial charge in [-0.05, 0) is 30.7 Å². The van der Waals surface area contributed by atoms with Crippen molar-refractivity contribution >= 4 is 17.8 Å². The summed E-state index contributed by atoms with van der Waals surface area (Å²) in [6.07, 6.45) is -0.948. The molecule has 160 valence electrons. The molecule has 1 aromatic rings.